The number of halogens is 2. The molecule has 0 saturated carbocycles. The van der Waals surface area contributed by atoms with Crippen LogP contribution < -0.4 is 16.6 Å². The number of nitrogens with one attached hydrogen (secondary N) is 1. The van der Waals surface area contributed by atoms with Gasteiger partial charge in [0.1, 0.15) is 22.2 Å². The largest absolute Gasteiger partial charge is 0.337 e. The number of thiophene rings is 1. The molecular formula is C38H33F2N3O3S. The lowest BCUT2D eigenvalue weighted by molar-refractivity contribution is -0.118. The molecule has 0 radical (unpaired) electrons. The van der Waals surface area contributed by atoms with E-state index in [2.05, 4.69) is 5.32 Å². The van der Waals surface area contributed by atoms with Gasteiger partial charge in [-0.25, -0.2) is 18.1 Å². The molecule has 0 amide bonds. The normalized spacial score (nSPS) is 12.0. The molecule has 0 fully saturated rings. The molecule has 6 aromatic rings. The monoisotopic (exact) mass is 649 g/mol. The van der Waals surface area contributed by atoms with Crippen LogP contribution in [0.25, 0.3) is 26.3 Å². The van der Waals surface area contributed by atoms with Crippen molar-refractivity contribution in [1.29, 1.82) is 0 Å². The second kappa shape index (κ2) is 13.8. The molecule has 47 heavy (non-hydrogen) atoms. The molecule has 0 aliphatic carbocycles. The molecule has 6 nitrogen and oxygen atoms in total. The lowest BCUT2D eigenvalue weighted by Gasteiger charge is -2.16. The summed E-state index contributed by atoms with van der Waals surface area (Å²) in [5, 5.41) is 3.84. The highest BCUT2D eigenvalue weighted by molar-refractivity contribution is 7.22. The first kappa shape index (κ1) is 32.0. The molecule has 0 spiro atoms. The molecule has 4 aromatic carbocycles. The van der Waals surface area contributed by atoms with Crippen LogP contribution >= 0.6 is 11.3 Å². The van der Waals surface area contributed by atoms with Gasteiger partial charge in [0.15, 0.2) is 0 Å². The number of carbonyl (C=O) groups excluding carboxylic acids is 1. The number of Topliss-reactive ketones (excluding diaryl/α,β-unsaturated/α-hetero) is 1. The maximum atomic E-state index is 15.0. The van der Waals surface area contributed by atoms with E-state index in [0.717, 1.165) is 38.3 Å². The van der Waals surface area contributed by atoms with E-state index < -0.39 is 29.4 Å². The van der Waals surface area contributed by atoms with Gasteiger partial charge in [-0.2, -0.15) is 0 Å². The van der Waals surface area contributed by atoms with Gasteiger partial charge in [0, 0.05) is 35.9 Å². The highest BCUT2D eigenvalue weighted by atomic mass is 32.1. The van der Waals surface area contributed by atoms with Crippen LogP contribution in [0.2, 0.25) is 0 Å². The molecule has 9 heteroatoms. The van der Waals surface area contributed by atoms with Crippen molar-refractivity contribution in [3.63, 3.8) is 0 Å². The van der Waals surface area contributed by atoms with Gasteiger partial charge in [0.2, 0.25) is 0 Å². The third-order valence-electron chi connectivity index (χ3n) is 8.36. The molecule has 6 rings (SSSR count). The summed E-state index contributed by atoms with van der Waals surface area (Å²) in [5.41, 5.74) is 2.26. The predicted molar refractivity (Wildman–Crippen MR) is 183 cm³/mol. The van der Waals surface area contributed by atoms with Crippen molar-refractivity contribution in [1.82, 2.24) is 14.5 Å². The van der Waals surface area contributed by atoms with Crippen LogP contribution in [0.4, 0.5) is 8.78 Å². The standard InChI is InChI=1S/C38H33F2N3O3S/c1-3-29(44)21-25-17-19-27(20-18-25)35-30(22-41-24(2)26-11-6-4-7-12-26)34-36(45)43(28-13-8-5-9-14-28)38(46)42(37(34)47-35)23-31-32(39)15-10-16-33(31)40/h4-20,24,41H,3,21-23H2,1-2H3/t24-/m1/s1. The van der Waals surface area contributed by atoms with Gasteiger partial charge in [0.25, 0.3) is 5.56 Å². The van der Waals surface area contributed by atoms with Crippen LogP contribution in [0, 0.1) is 11.6 Å². The molecule has 2 heterocycles. The van der Waals surface area contributed by atoms with Gasteiger partial charge in [-0.15, -0.1) is 11.3 Å². The minimum atomic E-state index is -0.782. The minimum Gasteiger partial charge on any atom is -0.306 e. The summed E-state index contributed by atoms with van der Waals surface area (Å²) < 4.78 is 32.3. The van der Waals surface area contributed by atoms with Gasteiger partial charge in [0.05, 0.1) is 17.6 Å². The lowest BCUT2D eigenvalue weighted by atomic mass is 10.0. The Hall–Kier alpha value is -4.99. The first-order chi connectivity index (χ1) is 22.8. The number of hydrogen-bond acceptors (Lipinski definition) is 5. The molecule has 1 atom stereocenters. The Labute approximate surface area is 274 Å². The molecule has 2 aromatic heterocycles. The van der Waals surface area contributed by atoms with E-state index in [0.29, 0.717) is 34.3 Å². The minimum absolute atomic E-state index is 0.0730. The van der Waals surface area contributed by atoms with Crippen molar-refractivity contribution in [2.75, 3.05) is 0 Å². The topological polar surface area (TPSA) is 73.1 Å². The van der Waals surface area contributed by atoms with Gasteiger partial charge >= 0.3 is 5.69 Å². The summed E-state index contributed by atoms with van der Waals surface area (Å²) in [6.07, 6.45) is 0.767. The maximum Gasteiger partial charge on any atom is 0.337 e. The van der Waals surface area contributed by atoms with Crippen molar-refractivity contribution in [2.45, 2.75) is 45.8 Å². The second-order valence-corrected chi connectivity index (χ2v) is 12.4. The summed E-state index contributed by atoms with van der Waals surface area (Å²) in [6, 6.07) is 29.5. The maximum absolute atomic E-state index is 15.0. The Balaban J connectivity index is 1.60. The quantitative estimate of drug-likeness (QED) is 0.157. The van der Waals surface area contributed by atoms with Crippen molar-refractivity contribution < 1.29 is 13.6 Å². The van der Waals surface area contributed by atoms with E-state index in [1.165, 1.54) is 22.0 Å². The number of carbonyl (C=O) groups is 1. The number of ketones is 1. The number of rotatable bonds is 11. The van der Waals surface area contributed by atoms with Crippen molar-refractivity contribution in [3.8, 4) is 16.1 Å². The fraction of sp³-hybridized carbons (Fsp3) is 0.184. The molecule has 238 valence electrons. The van der Waals surface area contributed by atoms with Crippen LogP contribution in [-0.2, 0) is 24.3 Å². The summed E-state index contributed by atoms with van der Waals surface area (Å²) in [4.78, 5) is 41.7. The highest BCUT2D eigenvalue weighted by Crippen LogP contribution is 2.38. The molecule has 0 aliphatic heterocycles. The Morgan fingerprint density at radius 1 is 0.830 bits per heavy atom. The number of aromatic nitrogens is 2. The van der Waals surface area contributed by atoms with E-state index in [1.54, 1.807) is 30.3 Å². The van der Waals surface area contributed by atoms with E-state index >= 15 is 0 Å². The van der Waals surface area contributed by atoms with Crippen molar-refractivity contribution in [3.05, 3.63) is 158 Å². The number of fused-ring (bicyclic) bond motifs is 1. The van der Waals surface area contributed by atoms with Gasteiger partial charge in [-0.1, -0.05) is 85.8 Å². The zero-order valence-corrected chi connectivity index (χ0v) is 26.8. The van der Waals surface area contributed by atoms with Crippen LogP contribution in [0.1, 0.15) is 48.6 Å². The Morgan fingerprint density at radius 2 is 1.47 bits per heavy atom. The van der Waals surface area contributed by atoms with E-state index in [-0.39, 0.29) is 23.9 Å². The van der Waals surface area contributed by atoms with E-state index in [4.69, 9.17) is 0 Å². The molecule has 0 aliphatic rings. The summed E-state index contributed by atoms with van der Waals surface area (Å²) in [7, 11) is 0. The van der Waals surface area contributed by atoms with Crippen LogP contribution in [0.5, 0.6) is 0 Å². The van der Waals surface area contributed by atoms with Crippen molar-refractivity contribution in [2.24, 2.45) is 0 Å². The molecule has 0 unspecified atom stereocenters. The average molecular weight is 650 g/mol. The fourth-order valence-corrected chi connectivity index (χ4v) is 7.01. The third kappa shape index (κ3) is 6.50. The molecule has 0 saturated heterocycles. The van der Waals surface area contributed by atoms with Crippen molar-refractivity contribution >= 4 is 27.3 Å². The zero-order chi connectivity index (χ0) is 33.1. The Kier molecular flexibility index (Phi) is 9.38. The average Bonchev–Trinajstić information content (AvgIpc) is 3.47. The number of nitrogens with zero attached hydrogens (tertiary/aromatic N) is 2. The number of hydrogen-bond donors (Lipinski definition) is 1. The van der Waals surface area contributed by atoms with Gasteiger partial charge in [-0.05, 0) is 53.4 Å². The summed E-state index contributed by atoms with van der Waals surface area (Å²) in [6.45, 7) is 3.73. The highest BCUT2D eigenvalue weighted by Gasteiger charge is 2.25. The first-order valence-corrected chi connectivity index (χ1v) is 16.3. The fourth-order valence-electron chi connectivity index (χ4n) is 5.70. The molecular weight excluding hydrogens is 616 g/mol. The van der Waals surface area contributed by atoms with Crippen LogP contribution in [0.3, 0.4) is 0 Å². The SMILES string of the molecule is CCC(=O)Cc1ccc(-c2sc3c(c2CN[C@H](C)c2ccccc2)c(=O)n(-c2ccccc2)c(=O)n3Cc2c(F)cccc2F)cc1. The summed E-state index contributed by atoms with van der Waals surface area (Å²) >= 11 is 1.24. The third-order valence-corrected chi connectivity index (χ3v) is 9.67. The Bertz CT molecular complexity index is 2150. The lowest BCUT2D eigenvalue weighted by Crippen LogP contribution is -2.39. The second-order valence-electron chi connectivity index (χ2n) is 11.4. The van der Waals surface area contributed by atoms with Gasteiger partial charge in [-0.3, -0.25) is 14.2 Å². The zero-order valence-electron chi connectivity index (χ0n) is 26.0. The molecule has 0 bridgehead atoms. The summed E-state index contributed by atoms with van der Waals surface area (Å²) in [5.74, 6) is -1.43. The smallest absolute Gasteiger partial charge is 0.306 e. The first-order valence-electron chi connectivity index (χ1n) is 15.5. The van der Waals surface area contributed by atoms with E-state index in [9.17, 15) is 23.2 Å². The van der Waals surface area contributed by atoms with E-state index in [1.807, 2.05) is 68.4 Å². The van der Waals surface area contributed by atoms with Crippen LogP contribution in [-0.4, -0.2) is 14.9 Å². The van der Waals surface area contributed by atoms with Crippen LogP contribution in [0.15, 0.2) is 113 Å². The predicted octanol–water partition coefficient (Wildman–Crippen LogP) is 7.58. The molecule has 1 N–H and O–H groups in total. The number of para-hydroxylation sites is 1. The Morgan fingerprint density at radius 3 is 2.11 bits per heavy atom. The van der Waals surface area contributed by atoms with Gasteiger partial charge < -0.3 is 5.32 Å². The number of benzene rings is 4.